The van der Waals surface area contributed by atoms with E-state index in [1.807, 2.05) is 48.5 Å². The molecule has 2 unspecified atom stereocenters. The van der Waals surface area contributed by atoms with E-state index in [2.05, 4.69) is 25.2 Å². The van der Waals surface area contributed by atoms with Crippen LogP contribution in [0.15, 0.2) is 53.0 Å². The summed E-state index contributed by atoms with van der Waals surface area (Å²) in [6.07, 6.45) is 0.0445. The summed E-state index contributed by atoms with van der Waals surface area (Å²) in [6, 6.07) is 15.5. The zero-order chi connectivity index (χ0) is 15.2. The lowest BCUT2D eigenvalue weighted by molar-refractivity contribution is -0.137. The van der Waals surface area contributed by atoms with Gasteiger partial charge in [0.15, 0.2) is 0 Å². The van der Waals surface area contributed by atoms with Gasteiger partial charge in [-0.3, -0.25) is 4.79 Å². The molecule has 2 rings (SSSR count). The maximum Gasteiger partial charge on any atom is 0.304 e. The Kier molecular flexibility index (Phi) is 5.77. The lowest BCUT2D eigenvalue weighted by Crippen LogP contribution is -2.04. The van der Waals surface area contributed by atoms with Crippen LogP contribution in [0.3, 0.4) is 0 Å². The van der Waals surface area contributed by atoms with E-state index < -0.39 is 5.97 Å². The van der Waals surface area contributed by atoms with Gasteiger partial charge in [0, 0.05) is 15.7 Å². The quantitative estimate of drug-likeness (QED) is 0.769. The van der Waals surface area contributed by atoms with Crippen LogP contribution < -0.4 is 4.74 Å². The van der Waals surface area contributed by atoms with Gasteiger partial charge in [-0.05, 0) is 23.8 Å². The van der Waals surface area contributed by atoms with E-state index in [0.29, 0.717) is 12.4 Å². The van der Waals surface area contributed by atoms with E-state index in [1.54, 1.807) is 0 Å². The number of carboxylic acids is 1. The summed E-state index contributed by atoms with van der Waals surface area (Å²) in [5.74, 6) is -0.118. The normalized spacial score (nSPS) is 11.9. The molecule has 0 amide bonds. The van der Waals surface area contributed by atoms with Crippen LogP contribution in [0.1, 0.15) is 23.2 Å². The first kappa shape index (κ1) is 16.0. The largest absolute Gasteiger partial charge is 0.489 e. The first-order valence-electron chi connectivity index (χ1n) is 6.50. The number of hydrogen-bond donors (Lipinski definition) is 1. The molecule has 0 aliphatic rings. The van der Waals surface area contributed by atoms with Gasteiger partial charge in [-0.1, -0.05) is 46.3 Å². The van der Waals surface area contributed by atoms with Gasteiger partial charge in [0.1, 0.15) is 12.4 Å². The molecule has 5 heteroatoms. The third-order valence-electron chi connectivity index (χ3n) is 3.00. The number of halogens is 1. The van der Waals surface area contributed by atoms with Gasteiger partial charge in [-0.15, -0.1) is 9.24 Å². The van der Waals surface area contributed by atoms with Crippen molar-refractivity contribution < 1.29 is 14.6 Å². The van der Waals surface area contributed by atoms with E-state index in [-0.39, 0.29) is 12.1 Å². The molecule has 0 heterocycles. The van der Waals surface area contributed by atoms with Gasteiger partial charge in [0.25, 0.3) is 0 Å². The number of rotatable bonds is 6. The third kappa shape index (κ3) is 4.83. The fourth-order valence-electron chi connectivity index (χ4n) is 1.97. The minimum atomic E-state index is -0.830. The first-order chi connectivity index (χ1) is 10.1. The van der Waals surface area contributed by atoms with Crippen molar-refractivity contribution in [1.82, 2.24) is 0 Å². The van der Waals surface area contributed by atoms with Gasteiger partial charge >= 0.3 is 5.97 Å². The van der Waals surface area contributed by atoms with E-state index in [0.717, 1.165) is 15.6 Å². The molecule has 0 radical (unpaired) electrons. The highest BCUT2D eigenvalue weighted by Crippen LogP contribution is 2.36. The highest BCUT2D eigenvalue weighted by molar-refractivity contribution is 9.10. The number of ether oxygens (including phenoxy) is 1. The summed E-state index contributed by atoms with van der Waals surface area (Å²) >= 11 is 3.41. The maximum atomic E-state index is 10.9. The molecule has 110 valence electrons. The lowest BCUT2D eigenvalue weighted by atomic mass is 10.1. The van der Waals surface area contributed by atoms with Crippen LogP contribution >= 0.6 is 25.2 Å². The van der Waals surface area contributed by atoms with Crippen LogP contribution in [0, 0.1) is 0 Å². The Morgan fingerprint density at radius 3 is 2.62 bits per heavy atom. The highest BCUT2D eigenvalue weighted by atomic mass is 79.9. The van der Waals surface area contributed by atoms with E-state index >= 15 is 0 Å². The van der Waals surface area contributed by atoms with Crippen molar-refractivity contribution in [1.29, 1.82) is 0 Å². The summed E-state index contributed by atoms with van der Waals surface area (Å²) in [5.41, 5.74) is 1.75. The molecule has 0 bridgehead atoms. The number of benzene rings is 2. The second-order valence-electron chi connectivity index (χ2n) is 4.66. The summed E-state index contributed by atoms with van der Waals surface area (Å²) in [4.78, 5) is 10.9. The summed E-state index contributed by atoms with van der Waals surface area (Å²) in [7, 11) is 2.57. The van der Waals surface area contributed by atoms with Crippen LogP contribution in [0.4, 0.5) is 0 Å². The SMILES string of the molecule is O=C(O)CC(P)c1cc(Br)ccc1OCc1ccccc1. The molecule has 0 aromatic heterocycles. The Bertz CT molecular complexity index is 616. The number of carboxylic acid groups (broad SMARTS) is 1. The molecular weight excluding hydrogens is 351 g/mol. The minimum absolute atomic E-state index is 0.0445. The number of carbonyl (C=O) groups is 1. The molecule has 3 nitrogen and oxygen atoms in total. The Morgan fingerprint density at radius 1 is 1.24 bits per heavy atom. The molecule has 0 aliphatic heterocycles. The average molecular weight is 367 g/mol. The predicted octanol–water partition coefficient (Wildman–Crippen LogP) is 4.42. The van der Waals surface area contributed by atoms with Crippen molar-refractivity contribution in [2.45, 2.75) is 18.7 Å². The van der Waals surface area contributed by atoms with Crippen molar-refractivity contribution in [3.63, 3.8) is 0 Å². The Balaban J connectivity index is 2.16. The van der Waals surface area contributed by atoms with Crippen LogP contribution in [0.5, 0.6) is 5.75 Å². The van der Waals surface area contributed by atoms with Gasteiger partial charge in [-0.2, -0.15) is 0 Å². The first-order valence-corrected chi connectivity index (χ1v) is 7.96. The van der Waals surface area contributed by atoms with E-state index in [9.17, 15) is 4.79 Å². The monoisotopic (exact) mass is 366 g/mol. The topological polar surface area (TPSA) is 46.5 Å². The molecule has 0 aliphatic carbocycles. The predicted molar refractivity (Wildman–Crippen MR) is 89.6 cm³/mol. The number of aliphatic carboxylic acids is 1. The van der Waals surface area contributed by atoms with E-state index in [4.69, 9.17) is 9.84 Å². The van der Waals surface area contributed by atoms with Crippen molar-refractivity contribution in [2.75, 3.05) is 0 Å². The van der Waals surface area contributed by atoms with Gasteiger partial charge in [0.05, 0.1) is 6.42 Å². The van der Waals surface area contributed by atoms with Crippen LogP contribution in [-0.2, 0) is 11.4 Å². The Labute approximate surface area is 134 Å². The van der Waals surface area contributed by atoms with Crippen molar-refractivity contribution in [2.24, 2.45) is 0 Å². The summed E-state index contributed by atoms with van der Waals surface area (Å²) < 4.78 is 6.76. The van der Waals surface area contributed by atoms with Crippen LogP contribution in [0.25, 0.3) is 0 Å². The zero-order valence-electron chi connectivity index (χ0n) is 11.3. The van der Waals surface area contributed by atoms with Gasteiger partial charge in [-0.25, -0.2) is 0 Å². The van der Waals surface area contributed by atoms with Gasteiger partial charge in [0.2, 0.25) is 0 Å². The molecule has 1 N–H and O–H groups in total. The number of hydrogen-bond acceptors (Lipinski definition) is 2. The maximum absolute atomic E-state index is 10.9. The van der Waals surface area contributed by atoms with E-state index in [1.165, 1.54) is 0 Å². The molecule has 0 fully saturated rings. The molecule has 2 aromatic carbocycles. The fourth-order valence-corrected chi connectivity index (χ4v) is 2.81. The smallest absolute Gasteiger partial charge is 0.304 e. The standard InChI is InChI=1S/C16H16BrO3P/c17-12-6-7-14(13(8-12)15(21)9-16(18)19)20-10-11-4-2-1-3-5-11/h1-8,15H,9-10,21H2,(H,18,19). The molecule has 2 atom stereocenters. The molecular formula is C16H16BrO3P. The van der Waals surface area contributed by atoms with Gasteiger partial charge < -0.3 is 9.84 Å². The van der Waals surface area contributed by atoms with Crippen molar-refractivity contribution in [3.05, 3.63) is 64.1 Å². The molecule has 0 saturated carbocycles. The Morgan fingerprint density at radius 2 is 1.95 bits per heavy atom. The Hall–Kier alpha value is -1.38. The lowest BCUT2D eigenvalue weighted by Gasteiger charge is -2.16. The molecule has 21 heavy (non-hydrogen) atoms. The average Bonchev–Trinajstić information content (AvgIpc) is 2.46. The molecule has 0 saturated heterocycles. The van der Waals surface area contributed by atoms with Crippen LogP contribution in [-0.4, -0.2) is 11.1 Å². The molecule has 2 aromatic rings. The second-order valence-corrected chi connectivity index (χ2v) is 6.38. The minimum Gasteiger partial charge on any atom is -0.489 e. The van der Waals surface area contributed by atoms with Crippen molar-refractivity contribution >= 4 is 31.1 Å². The highest BCUT2D eigenvalue weighted by Gasteiger charge is 2.16. The molecule has 0 spiro atoms. The summed E-state index contributed by atoms with van der Waals surface area (Å²) in [5, 5.41) is 8.95. The van der Waals surface area contributed by atoms with Crippen LogP contribution in [0.2, 0.25) is 0 Å². The zero-order valence-corrected chi connectivity index (χ0v) is 14.1. The summed E-state index contributed by atoms with van der Waals surface area (Å²) in [6.45, 7) is 0.458. The second kappa shape index (κ2) is 7.58. The fraction of sp³-hybridized carbons (Fsp3) is 0.188. The van der Waals surface area contributed by atoms with Crippen molar-refractivity contribution in [3.8, 4) is 5.75 Å². The third-order valence-corrected chi connectivity index (χ3v) is 4.09.